The maximum atomic E-state index is 13.2. The highest BCUT2D eigenvalue weighted by Gasteiger charge is 2.48. The summed E-state index contributed by atoms with van der Waals surface area (Å²) in [5, 5.41) is 13.3. The predicted molar refractivity (Wildman–Crippen MR) is 131 cm³/mol. The molecule has 174 valence electrons. The standard InChI is InChI=1S/C26H24N2O5S/c1-3-13-32-19-10-8-17(9-11-19)22-21(24(30)25(31)28(22)26-27-12-15-34-26)23(29)18-6-5-7-20(16-18)33-14-4-2/h3,5-12,15-16,22,29H,1,4,13-14H2,2H3. The van der Waals surface area contributed by atoms with Crippen LogP contribution in [0.2, 0.25) is 0 Å². The van der Waals surface area contributed by atoms with Crippen LogP contribution in [0.5, 0.6) is 11.5 Å². The van der Waals surface area contributed by atoms with E-state index in [4.69, 9.17) is 9.47 Å². The van der Waals surface area contributed by atoms with Crippen LogP contribution in [0.4, 0.5) is 5.13 Å². The average Bonchev–Trinajstić information content (AvgIpc) is 3.48. The minimum absolute atomic E-state index is 0.00685. The number of hydrogen-bond donors (Lipinski definition) is 1. The van der Waals surface area contributed by atoms with Gasteiger partial charge < -0.3 is 14.6 Å². The fourth-order valence-electron chi connectivity index (χ4n) is 3.69. The van der Waals surface area contributed by atoms with E-state index in [9.17, 15) is 14.7 Å². The molecule has 1 atom stereocenters. The van der Waals surface area contributed by atoms with Crippen LogP contribution in [0.3, 0.4) is 0 Å². The van der Waals surface area contributed by atoms with Gasteiger partial charge in [-0.1, -0.05) is 43.8 Å². The first kappa shape index (κ1) is 23.3. The first-order valence-corrected chi connectivity index (χ1v) is 11.7. The number of aliphatic hydroxyl groups excluding tert-OH is 1. The Morgan fingerprint density at radius 2 is 1.97 bits per heavy atom. The number of amides is 1. The Morgan fingerprint density at radius 3 is 2.65 bits per heavy atom. The van der Waals surface area contributed by atoms with Gasteiger partial charge in [-0.05, 0) is 36.2 Å². The van der Waals surface area contributed by atoms with Crippen molar-refractivity contribution in [1.29, 1.82) is 0 Å². The SMILES string of the molecule is C=CCOc1ccc(C2C(=C(O)c3cccc(OCCC)c3)C(=O)C(=O)N2c2nccs2)cc1. The number of aliphatic hydroxyl groups is 1. The van der Waals surface area contributed by atoms with Crippen molar-refractivity contribution in [2.45, 2.75) is 19.4 Å². The van der Waals surface area contributed by atoms with E-state index in [0.717, 1.165) is 6.42 Å². The number of ether oxygens (including phenoxy) is 2. The van der Waals surface area contributed by atoms with Crippen LogP contribution in [0, 0.1) is 0 Å². The normalized spacial score (nSPS) is 17.1. The molecule has 7 nitrogen and oxygen atoms in total. The van der Waals surface area contributed by atoms with Crippen molar-refractivity contribution in [1.82, 2.24) is 4.98 Å². The predicted octanol–water partition coefficient (Wildman–Crippen LogP) is 5.12. The van der Waals surface area contributed by atoms with E-state index < -0.39 is 17.7 Å². The maximum Gasteiger partial charge on any atom is 0.301 e. The van der Waals surface area contributed by atoms with Gasteiger partial charge in [0.2, 0.25) is 0 Å². The Morgan fingerprint density at radius 1 is 1.18 bits per heavy atom. The lowest BCUT2D eigenvalue weighted by Gasteiger charge is -2.23. The van der Waals surface area contributed by atoms with Crippen molar-refractivity contribution < 1.29 is 24.2 Å². The molecule has 0 radical (unpaired) electrons. The number of carbonyl (C=O) groups excluding carboxylic acids is 2. The third-order valence-corrected chi connectivity index (χ3v) is 5.98. The number of rotatable bonds is 9. The number of nitrogens with zero attached hydrogens (tertiary/aromatic N) is 2. The topological polar surface area (TPSA) is 89.0 Å². The Kier molecular flexibility index (Phi) is 7.08. The van der Waals surface area contributed by atoms with Crippen molar-refractivity contribution in [3.05, 3.63) is 89.5 Å². The second-order valence-electron chi connectivity index (χ2n) is 7.53. The Labute approximate surface area is 201 Å². The molecule has 1 aliphatic heterocycles. The number of ketones is 1. The summed E-state index contributed by atoms with van der Waals surface area (Å²) in [5.41, 5.74) is 1.02. The van der Waals surface area contributed by atoms with Gasteiger partial charge in [-0.15, -0.1) is 11.3 Å². The highest BCUT2D eigenvalue weighted by Crippen LogP contribution is 2.43. The summed E-state index contributed by atoms with van der Waals surface area (Å²) in [6, 6.07) is 13.0. The van der Waals surface area contributed by atoms with Gasteiger partial charge in [0.15, 0.2) is 5.13 Å². The molecule has 1 saturated heterocycles. The average molecular weight is 477 g/mol. The molecule has 1 fully saturated rings. The van der Waals surface area contributed by atoms with Crippen molar-refractivity contribution in [2.75, 3.05) is 18.1 Å². The second-order valence-corrected chi connectivity index (χ2v) is 8.40. The minimum Gasteiger partial charge on any atom is -0.507 e. The molecule has 2 aromatic carbocycles. The third-order valence-electron chi connectivity index (χ3n) is 5.21. The number of aromatic nitrogens is 1. The van der Waals surface area contributed by atoms with E-state index in [1.165, 1.54) is 16.2 Å². The number of Topliss-reactive ketones (excluding diaryl/α,β-unsaturated/α-hetero) is 1. The smallest absolute Gasteiger partial charge is 0.301 e. The number of benzene rings is 2. The van der Waals surface area contributed by atoms with E-state index >= 15 is 0 Å². The van der Waals surface area contributed by atoms with E-state index in [1.807, 2.05) is 6.92 Å². The van der Waals surface area contributed by atoms with Crippen LogP contribution < -0.4 is 14.4 Å². The molecule has 1 N–H and O–H groups in total. The van der Waals surface area contributed by atoms with Crippen LogP contribution in [0.1, 0.15) is 30.5 Å². The summed E-state index contributed by atoms with van der Waals surface area (Å²) in [7, 11) is 0. The summed E-state index contributed by atoms with van der Waals surface area (Å²) in [6.07, 6.45) is 4.04. The fourth-order valence-corrected chi connectivity index (χ4v) is 4.36. The van der Waals surface area contributed by atoms with Crippen molar-refractivity contribution in [2.24, 2.45) is 0 Å². The molecule has 34 heavy (non-hydrogen) atoms. The monoisotopic (exact) mass is 476 g/mol. The van der Waals surface area contributed by atoms with E-state index in [2.05, 4.69) is 11.6 Å². The zero-order valence-corrected chi connectivity index (χ0v) is 19.5. The van der Waals surface area contributed by atoms with Crippen molar-refractivity contribution in [3.8, 4) is 11.5 Å². The molecule has 1 aromatic heterocycles. The van der Waals surface area contributed by atoms with E-state index in [-0.39, 0.29) is 11.3 Å². The Balaban J connectivity index is 1.81. The lowest BCUT2D eigenvalue weighted by atomic mass is 9.95. The summed E-state index contributed by atoms with van der Waals surface area (Å²) in [5.74, 6) is -0.594. The van der Waals surface area contributed by atoms with Gasteiger partial charge in [0.05, 0.1) is 18.2 Å². The molecule has 1 aliphatic rings. The van der Waals surface area contributed by atoms with Crippen molar-refractivity contribution in [3.63, 3.8) is 0 Å². The first-order chi connectivity index (χ1) is 16.5. The second kappa shape index (κ2) is 10.4. The molecular weight excluding hydrogens is 452 g/mol. The van der Waals surface area contributed by atoms with Crippen LogP contribution in [0.15, 0.2) is 78.3 Å². The third kappa shape index (κ3) is 4.58. The summed E-state index contributed by atoms with van der Waals surface area (Å²) in [4.78, 5) is 31.8. The molecule has 0 saturated carbocycles. The zero-order chi connectivity index (χ0) is 24.1. The lowest BCUT2D eigenvalue weighted by molar-refractivity contribution is -0.132. The van der Waals surface area contributed by atoms with Gasteiger partial charge in [0, 0.05) is 17.1 Å². The highest BCUT2D eigenvalue weighted by atomic mass is 32.1. The van der Waals surface area contributed by atoms with Crippen LogP contribution >= 0.6 is 11.3 Å². The number of anilines is 1. The van der Waals surface area contributed by atoms with Crippen LogP contribution in [-0.2, 0) is 9.59 Å². The van der Waals surface area contributed by atoms with Gasteiger partial charge in [0.1, 0.15) is 23.9 Å². The first-order valence-electron chi connectivity index (χ1n) is 10.8. The van der Waals surface area contributed by atoms with E-state index in [0.29, 0.717) is 41.0 Å². The summed E-state index contributed by atoms with van der Waals surface area (Å²) >= 11 is 1.24. The van der Waals surface area contributed by atoms with E-state index in [1.54, 1.807) is 66.2 Å². The molecule has 1 amide bonds. The molecule has 8 heteroatoms. The zero-order valence-electron chi connectivity index (χ0n) is 18.6. The molecule has 0 bridgehead atoms. The molecule has 0 aliphatic carbocycles. The van der Waals surface area contributed by atoms with Gasteiger partial charge in [0.25, 0.3) is 5.78 Å². The molecule has 0 spiro atoms. The molecule has 2 heterocycles. The molecule has 4 rings (SSSR count). The molecule has 3 aromatic rings. The maximum absolute atomic E-state index is 13.2. The summed E-state index contributed by atoms with van der Waals surface area (Å²) in [6.45, 7) is 6.52. The Hall–Kier alpha value is -3.91. The summed E-state index contributed by atoms with van der Waals surface area (Å²) < 4.78 is 11.2. The Bertz CT molecular complexity index is 1220. The minimum atomic E-state index is -0.847. The lowest BCUT2D eigenvalue weighted by Crippen LogP contribution is -2.29. The van der Waals surface area contributed by atoms with Gasteiger partial charge in [-0.2, -0.15) is 0 Å². The number of hydrogen-bond acceptors (Lipinski definition) is 7. The molecular formula is C26H24N2O5S. The fraction of sp³-hybridized carbons (Fsp3) is 0.192. The number of thiazole rings is 1. The van der Waals surface area contributed by atoms with Crippen molar-refractivity contribution >= 4 is 33.9 Å². The molecule has 1 unspecified atom stereocenters. The quantitative estimate of drug-likeness (QED) is 0.200. The number of carbonyl (C=O) groups is 2. The van der Waals surface area contributed by atoms with Gasteiger partial charge in [-0.25, -0.2) is 4.98 Å². The van der Waals surface area contributed by atoms with Crippen LogP contribution in [0.25, 0.3) is 5.76 Å². The van der Waals surface area contributed by atoms with Crippen LogP contribution in [-0.4, -0.2) is 35.0 Å². The van der Waals surface area contributed by atoms with Gasteiger partial charge >= 0.3 is 5.91 Å². The largest absolute Gasteiger partial charge is 0.507 e. The van der Waals surface area contributed by atoms with Gasteiger partial charge in [-0.3, -0.25) is 14.5 Å². The highest BCUT2D eigenvalue weighted by molar-refractivity contribution is 7.14.